The van der Waals surface area contributed by atoms with Crippen molar-refractivity contribution in [1.29, 1.82) is 0 Å². The van der Waals surface area contributed by atoms with Gasteiger partial charge in [0.1, 0.15) is 5.71 Å². The standard InChI is InChI=1S/C21H21FN4O/c1-15-5-7-17(8-6-15)20(23-2)21(27)18-4-3-12-26(25-18)13-10-16-9-11-24-19(22)14-16/h3-11,13-14,20,23H,12H2,1-2H3/b13-10+. The Kier molecular flexibility index (Phi) is 5.88. The zero-order valence-corrected chi connectivity index (χ0v) is 15.3. The molecule has 1 aromatic heterocycles. The van der Waals surface area contributed by atoms with Crippen molar-refractivity contribution in [3.63, 3.8) is 0 Å². The quantitative estimate of drug-likeness (QED) is 0.800. The highest BCUT2D eigenvalue weighted by Gasteiger charge is 2.24. The molecule has 2 aromatic rings. The van der Waals surface area contributed by atoms with E-state index in [2.05, 4.69) is 15.4 Å². The highest BCUT2D eigenvalue weighted by molar-refractivity contribution is 6.45. The average molecular weight is 364 g/mol. The van der Waals surface area contributed by atoms with Gasteiger partial charge in [0.05, 0.1) is 12.6 Å². The van der Waals surface area contributed by atoms with Crippen LogP contribution in [-0.2, 0) is 4.79 Å². The Labute approximate surface area is 157 Å². The van der Waals surface area contributed by atoms with Crippen LogP contribution in [0.5, 0.6) is 0 Å². The maximum Gasteiger partial charge on any atom is 0.213 e. The summed E-state index contributed by atoms with van der Waals surface area (Å²) in [5.41, 5.74) is 3.07. The van der Waals surface area contributed by atoms with Gasteiger partial charge in [0.2, 0.25) is 11.7 Å². The zero-order valence-electron chi connectivity index (χ0n) is 15.3. The lowest BCUT2D eigenvalue weighted by atomic mass is 9.98. The second kappa shape index (κ2) is 8.51. The zero-order chi connectivity index (χ0) is 19.2. The number of Topliss-reactive ketones (excluding diaryl/α,β-unsaturated/α-hetero) is 1. The summed E-state index contributed by atoms with van der Waals surface area (Å²) in [6, 6.07) is 10.4. The van der Waals surface area contributed by atoms with Crippen molar-refractivity contribution in [2.75, 3.05) is 13.6 Å². The molecule has 5 nitrogen and oxygen atoms in total. The average Bonchev–Trinajstić information content (AvgIpc) is 2.68. The van der Waals surface area contributed by atoms with Gasteiger partial charge in [-0.25, -0.2) is 4.98 Å². The van der Waals surface area contributed by atoms with Gasteiger partial charge in [-0.05, 0) is 43.3 Å². The fourth-order valence-corrected chi connectivity index (χ4v) is 2.76. The van der Waals surface area contributed by atoms with Crippen LogP contribution in [-0.4, -0.2) is 35.1 Å². The van der Waals surface area contributed by atoms with E-state index in [0.29, 0.717) is 17.8 Å². The van der Waals surface area contributed by atoms with Crippen molar-refractivity contribution in [1.82, 2.24) is 15.3 Å². The van der Waals surface area contributed by atoms with Gasteiger partial charge < -0.3 is 5.32 Å². The van der Waals surface area contributed by atoms with Crippen molar-refractivity contribution in [3.05, 3.63) is 83.6 Å². The van der Waals surface area contributed by atoms with Crippen molar-refractivity contribution in [2.24, 2.45) is 5.10 Å². The van der Waals surface area contributed by atoms with Crippen LogP contribution in [0.1, 0.15) is 22.7 Å². The van der Waals surface area contributed by atoms with E-state index in [1.54, 1.807) is 36.5 Å². The summed E-state index contributed by atoms with van der Waals surface area (Å²) in [7, 11) is 1.76. The number of rotatable bonds is 6. The van der Waals surface area contributed by atoms with Crippen molar-refractivity contribution >= 4 is 17.6 Å². The number of carbonyl (C=O) groups excluding carboxylic acids is 1. The van der Waals surface area contributed by atoms with Crippen LogP contribution < -0.4 is 5.32 Å². The molecule has 1 aliphatic heterocycles. The predicted molar refractivity (Wildman–Crippen MR) is 104 cm³/mol. The second-order valence-electron chi connectivity index (χ2n) is 6.23. The number of hydrogen-bond donors (Lipinski definition) is 1. The van der Waals surface area contributed by atoms with E-state index in [1.165, 1.54) is 12.3 Å². The summed E-state index contributed by atoms with van der Waals surface area (Å²) in [5.74, 6) is -0.643. The number of benzene rings is 1. The molecule has 0 spiro atoms. The molecule has 1 N–H and O–H groups in total. The number of hydrogen-bond acceptors (Lipinski definition) is 5. The topological polar surface area (TPSA) is 57.6 Å². The SMILES string of the molecule is CNC(C(=O)C1=NN(/C=C/c2ccnc(F)c2)CC=C1)c1ccc(C)cc1. The van der Waals surface area contributed by atoms with Crippen LogP contribution in [0.4, 0.5) is 4.39 Å². The van der Waals surface area contributed by atoms with Gasteiger partial charge in [-0.1, -0.05) is 35.9 Å². The molecule has 1 unspecified atom stereocenters. The third-order valence-electron chi connectivity index (χ3n) is 4.21. The third kappa shape index (κ3) is 4.74. The molecule has 0 saturated carbocycles. The third-order valence-corrected chi connectivity index (χ3v) is 4.21. The molecule has 0 fully saturated rings. The first-order valence-corrected chi connectivity index (χ1v) is 8.66. The summed E-state index contributed by atoms with van der Waals surface area (Å²) in [5, 5.41) is 9.12. The first kappa shape index (κ1) is 18.7. The molecule has 1 atom stereocenters. The lowest BCUT2D eigenvalue weighted by Crippen LogP contribution is -2.33. The number of aryl methyl sites for hydroxylation is 1. The second-order valence-corrected chi connectivity index (χ2v) is 6.23. The van der Waals surface area contributed by atoms with Crippen molar-refractivity contribution < 1.29 is 9.18 Å². The summed E-state index contributed by atoms with van der Waals surface area (Å²) >= 11 is 0. The number of carbonyl (C=O) groups is 1. The van der Waals surface area contributed by atoms with E-state index in [4.69, 9.17) is 0 Å². The molecule has 0 aliphatic carbocycles. The molecule has 0 radical (unpaired) electrons. The highest BCUT2D eigenvalue weighted by Crippen LogP contribution is 2.17. The molecule has 0 saturated heterocycles. The molecule has 0 amide bonds. The molecule has 1 aliphatic rings. The molecule has 27 heavy (non-hydrogen) atoms. The predicted octanol–water partition coefficient (Wildman–Crippen LogP) is 3.26. The Balaban J connectivity index is 1.77. The minimum atomic E-state index is -0.537. The summed E-state index contributed by atoms with van der Waals surface area (Å²) < 4.78 is 13.2. The lowest BCUT2D eigenvalue weighted by molar-refractivity contribution is -0.114. The van der Waals surface area contributed by atoms with Crippen LogP contribution in [0.2, 0.25) is 0 Å². The Morgan fingerprint density at radius 1 is 1.30 bits per heavy atom. The monoisotopic (exact) mass is 364 g/mol. The number of nitrogens with one attached hydrogen (secondary N) is 1. The fraction of sp³-hybridized carbons (Fsp3) is 0.190. The number of pyridine rings is 1. The minimum Gasteiger partial charge on any atom is -0.307 e. The largest absolute Gasteiger partial charge is 0.307 e. The number of allylic oxidation sites excluding steroid dienone is 1. The summed E-state index contributed by atoms with van der Waals surface area (Å²) in [6.45, 7) is 2.54. The van der Waals surface area contributed by atoms with Crippen LogP contribution in [0.25, 0.3) is 6.08 Å². The number of aromatic nitrogens is 1. The van der Waals surface area contributed by atoms with Gasteiger partial charge in [0.25, 0.3) is 0 Å². The van der Waals surface area contributed by atoms with E-state index in [-0.39, 0.29) is 5.78 Å². The maximum atomic E-state index is 13.2. The number of hydrazone groups is 1. The van der Waals surface area contributed by atoms with E-state index in [0.717, 1.165) is 11.1 Å². The molecule has 138 valence electrons. The van der Waals surface area contributed by atoms with E-state index < -0.39 is 12.0 Å². The summed E-state index contributed by atoms with van der Waals surface area (Å²) in [6.07, 6.45) is 8.45. The Morgan fingerprint density at radius 3 is 2.78 bits per heavy atom. The van der Waals surface area contributed by atoms with Gasteiger partial charge in [0, 0.05) is 18.5 Å². The Hall–Kier alpha value is -3.12. The number of nitrogens with zero attached hydrogens (tertiary/aromatic N) is 3. The van der Waals surface area contributed by atoms with Crippen molar-refractivity contribution in [3.8, 4) is 0 Å². The van der Waals surface area contributed by atoms with Crippen LogP contribution in [0.3, 0.4) is 0 Å². The maximum absolute atomic E-state index is 13.2. The van der Waals surface area contributed by atoms with Gasteiger partial charge in [-0.3, -0.25) is 9.80 Å². The molecular formula is C21H21FN4O. The first-order chi connectivity index (χ1) is 13.1. The molecule has 6 heteroatoms. The fourth-order valence-electron chi connectivity index (χ4n) is 2.76. The van der Waals surface area contributed by atoms with Gasteiger partial charge in [-0.15, -0.1) is 0 Å². The molecule has 2 heterocycles. The van der Waals surface area contributed by atoms with Crippen LogP contribution in [0.15, 0.2) is 66.0 Å². The highest BCUT2D eigenvalue weighted by atomic mass is 19.1. The number of halogens is 1. The van der Waals surface area contributed by atoms with Gasteiger partial charge in [0.15, 0.2) is 0 Å². The number of likely N-dealkylation sites (N-methyl/N-ethyl adjacent to an activating group) is 1. The van der Waals surface area contributed by atoms with E-state index in [9.17, 15) is 9.18 Å². The van der Waals surface area contributed by atoms with E-state index >= 15 is 0 Å². The minimum absolute atomic E-state index is 0.106. The van der Waals surface area contributed by atoms with E-state index in [1.807, 2.05) is 37.3 Å². The molecule has 0 bridgehead atoms. The lowest BCUT2D eigenvalue weighted by Gasteiger charge is -2.20. The molecule has 1 aromatic carbocycles. The van der Waals surface area contributed by atoms with Gasteiger partial charge >= 0.3 is 0 Å². The van der Waals surface area contributed by atoms with Crippen LogP contribution in [0, 0.1) is 12.9 Å². The van der Waals surface area contributed by atoms with Gasteiger partial charge in [-0.2, -0.15) is 9.49 Å². The van der Waals surface area contributed by atoms with Crippen molar-refractivity contribution in [2.45, 2.75) is 13.0 Å². The number of ketones is 1. The molecular weight excluding hydrogens is 343 g/mol. The normalized spacial score (nSPS) is 15.1. The van der Waals surface area contributed by atoms with Crippen LogP contribution >= 0.6 is 0 Å². The Bertz CT molecular complexity index is 903. The summed E-state index contributed by atoms with van der Waals surface area (Å²) in [4.78, 5) is 16.5. The molecule has 3 rings (SSSR count). The smallest absolute Gasteiger partial charge is 0.213 e. The first-order valence-electron chi connectivity index (χ1n) is 8.66. The Morgan fingerprint density at radius 2 is 2.07 bits per heavy atom.